The van der Waals surface area contributed by atoms with Gasteiger partial charge in [-0.25, -0.2) is 0 Å². The van der Waals surface area contributed by atoms with Gasteiger partial charge in [-0.15, -0.1) is 0 Å². The van der Waals surface area contributed by atoms with Crippen molar-refractivity contribution in [2.45, 2.75) is 26.4 Å². The van der Waals surface area contributed by atoms with Gasteiger partial charge in [-0.3, -0.25) is 14.4 Å². The number of H-pyrrole nitrogens is 1. The molecule has 0 aliphatic carbocycles. The van der Waals surface area contributed by atoms with Crippen LogP contribution in [0.25, 0.3) is 10.9 Å². The molecule has 0 spiro atoms. The topological polar surface area (TPSA) is 82.7 Å². The number of carbonyl (C=O) groups is 2. The highest BCUT2D eigenvalue weighted by atomic mass is 16.6. The number of nitrogens with zero attached hydrogens (tertiary/aromatic N) is 2. The summed E-state index contributed by atoms with van der Waals surface area (Å²) in [6, 6.07) is 8.39. The highest BCUT2D eigenvalue weighted by Crippen LogP contribution is 2.17. The SMILES string of the molecule is CN(C)CCN(CC(=O)OC(C)(C)C)C(=O)c1cc(=O)[nH]c2ccccc12. The average Bonchev–Trinajstić information content (AvgIpc) is 2.55. The first-order valence-electron chi connectivity index (χ1n) is 8.85. The Morgan fingerprint density at radius 3 is 2.41 bits per heavy atom. The second-order valence-corrected chi connectivity index (χ2v) is 7.71. The molecule has 0 saturated carbocycles. The first kappa shape index (κ1) is 20.6. The van der Waals surface area contributed by atoms with E-state index < -0.39 is 11.6 Å². The lowest BCUT2D eigenvalue weighted by molar-refractivity contribution is -0.155. The molecule has 146 valence electrons. The van der Waals surface area contributed by atoms with Gasteiger partial charge in [0.15, 0.2) is 0 Å². The van der Waals surface area contributed by atoms with Gasteiger partial charge < -0.3 is 19.5 Å². The molecule has 0 bridgehead atoms. The summed E-state index contributed by atoms with van der Waals surface area (Å²) in [6.07, 6.45) is 0. The molecular formula is C20H27N3O4. The van der Waals surface area contributed by atoms with Crippen molar-refractivity contribution >= 4 is 22.8 Å². The van der Waals surface area contributed by atoms with E-state index >= 15 is 0 Å². The minimum atomic E-state index is -0.635. The highest BCUT2D eigenvalue weighted by molar-refractivity contribution is 6.06. The van der Waals surface area contributed by atoms with Crippen molar-refractivity contribution in [3.05, 3.63) is 46.2 Å². The van der Waals surface area contributed by atoms with E-state index in [1.165, 1.54) is 11.0 Å². The fraction of sp³-hybridized carbons (Fsp3) is 0.450. The van der Waals surface area contributed by atoms with Crippen molar-refractivity contribution in [3.63, 3.8) is 0 Å². The Balaban J connectivity index is 2.36. The molecule has 1 heterocycles. The summed E-state index contributed by atoms with van der Waals surface area (Å²) in [7, 11) is 3.78. The van der Waals surface area contributed by atoms with E-state index in [1.807, 2.05) is 19.0 Å². The number of hydrogen-bond acceptors (Lipinski definition) is 5. The number of ether oxygens (including phenoxy) is 1. The van der Waals surface area contributed by atoms with Crippen molar-refractivity contribution < 1.29 is 14.3 Å². The van der Waals surface area contributed by atoms with Crippen LogP contribution in [0.2, 0.25) is 0 Å². The predicted octanol–water partition coefficient (Wildman–Crippen LogP) is 1.87. The number of aromatic nitrogens is 1. The monoisotopic (exact) mass is 373 g/mol. The van der Waals surface area contributed by atoms with Crippen molar-refractivity contribution in [2.75, 3.05) is 33.7 Å². The Kier molecular flexibility index (Phi) is 6.38. The summed E-state index contributed by atoms with van der Waals surface area (Å²) < 4.78 is 5.36. The lowest BCUT2D eigenvalue weighted by atomic mass is 10.1. The van der Waals surface area contributed by atoms with Crippen LogP contribution in [-0.2, 0) is 9.53 Å². The zero-order valence-corrected chi connectivity index (χ0v) is 16.5. The van der Waals surface area contributed by atoms with E-state index in [4.69, 9.17) is 4.74 Å². The van der Waals surface area contributed by atoms with Crippen LogP contribution in [-0.4, -0.2) is 66.0 Å². The summed E-state index contributed by atoms with van der Waals surface area (Å²) in [6.45, 7) is 6.08. The van der Waals surface area contributed by atoms with E-state index in [0.29, 0.717) is 24.0 Å². The van der Waals surface area contributed by atoms with Gasteiger partial charge in [-0.1, -0.05) is 18.2 Å². The number of benzene rings is 1. The Labute approximate surface area is 158 Å². The first-order chi connectivity index (χ1) is 12.6. The number of likely N-dealkylation sites (N-methyl/N-ethyl adjacent to an activating group) is 1. The third-order valence-corrected chi connectivity index (χ3v) is 3.83. The van der Waals surface area contributed by atoms with Crippen LogP contribution in [0.4, 0.5) is 0 Å². The molecule has 0 radical (unpaired) electrons. The maximum Gasteiger partial charge on any atom is 0.326 e. The van der Waals surface area contributed by atoms with Gasteiger partial charge >= 0.3 is 5.97 Å². The van der Waals surface area contributed by atoms with Gasteiger partial charge in [0.05, 0.1) is 5.56 Å². The van der Waals surface area contributed by atoms with Crippen LogP contribution in [0, 0.1) is 0 Å². The Morgan fingerprint density at radius 2 is 1.78 bits per heavy atom. The molecule has 2 rings (SSSR count). The second-order valence-electron chi connectivity index (χ2n) is 7.71. The molecular weight excluding hydrogens is 346 g/mol. The summed E-state index contributed by atoms with van der Waals surface area (Å²) in [5, 5.41) is 0.640. The average molecular weight is 373 g/mol. The van der Waals surface area contributed by atoms with Crippen LogP contribution < -0.4 is 5.56 Å². The number of hydrogen-bond donors (Lipinski definition) is 1. The van der Waals surface area contributed by atoms with Crippen LogP contribution in [0.3, 0.4) is 0 Å². The smallest absolute Gasteiger partial charge is 0.326 e. The molecule has 27 heavy (non-hydrogen) atoms. The Bertz CT molecular complexity index is 881. The summed E-state index contributed by atoms with van der Waals surface area (Å²) in [5.41, 5.74) is -0.138. The molecule has 2 aromatic rings. The lowest BCUT2D eigenvalue weighted by Crippen LogP contribution is -2.42. The fourth-order valence-electron chi connectivity index (χ4n) is 2.65. The number of rotatable bonds is 6. The second kappa shape index (κ2) is 8.35. The highest BCUT2D eigenvalue weighted by Gasteiger charge is 2.24. The predicted molar refractivity (Wildman–Crippen MR) is 105 cm³/mol. The van der Waals surface area contributed by atoms with Crippen molar-refractivity contribution in [1.29, 1.82) is 0 Å². The largest absolute Gasteiger partial charge is 0.459 e. The van der Waals surface area contributed by atoms with E-state index in [1.54, 1.807) is 45.0 Å². The van der Waals surface area contributed by atoms with Crippen LogP contribution >= 0.6 is 0 Å². The Morgan fingerprint density at radius 1 is 1.11 bits per heavy atom. The van der Waals surface area contributed by atoms with Crippen molar-refractivity contribution in [3.8, 4) is 0 Å². The van der Waals surface area contributed by atoms with Gasteiger partial charge in [0.1, 0.15) is 12.1 Å². The molecule has 0 fully saturated rings. The van der Waals surface area contributed by atoms with Crippen molar-refractivity contribution in [2.24, 2.45) is 0 Å². The normalized spacial score (nSPS) is 11.6. The quantitative estimate of drug-likeness (QED) is 0.782. The summed E-state index contributed by atoms with van der Waals surface area (Å²) >= 11 is 0. The standard InChI is InChI=1S/C20H27N3O4/c1-20(2,3)27-18(25)13-23(11-10-22(4)5)19(26)15-12-17(24)21-16-9-7-6-8-14(15)16/h6-9,12H,10-11,13H2,1-5H3,(H,21,24). The zero-order valence-electron chi connectivity index (χ0n) is 16.5. The molecule has 0 saturated heterocycles. The molecule has 7 nitrogen and oxygen atoms in total. The third kappa shape index (κ3) is 5.92. The maximum atomic E-state index is 13.2. The van der Waals surface area contributed by atoms with Gasteiger partial charge in [0.2, 0.25) is 5.56 Å². The molecule has 1 aromatic carbocycles. The van der Waals surface area contributed by atoms with E-state index in [-0.39, 0.29) is 23.6 Å². The number of para-hydroxylation sites is 1. The lowest BCUT2D eigenvalue weighted by Gasteiger charge is -2.26. The number of amides is 1. The van der Waals surface area contributed by atoms with Crippen molar-refractivity contribution in [1.82, 2.24) is 14.8 Å². The minimum Gasteiger partial charge on any atom is -0.459 e. The third-order valence-electron chi connectivity index (χ3n) is 3.83. The number of carbonyl (C=O) groups excluding carboxylic acids is 2. The van der Waals surface area contributed by atoms with Crippen LogP contribution in [0.15, 0.2) is 35.1 Å². The van der Waals surface area contributed by atoms with E-state index in [9.17, 15) is 14.4 Å². The number of nitrogens with one attached hydrogen (secondary N) is 1. The molecule has 0 unspecified atom stereocenters. The Hall–Kier alpha value is -2.67. The number of fused-ring (bicyclic) bond motifs is 1. The van der Waals surface area contributed by atoms with Crippen LogP contribution in [0.1, 0.15) is 31.1 Å². The summed E-state index contributed by atoms with van der Waals surface area (Å²) in [4.78, 5) is 43.5. The molecule has 1 aromatic heterocycles. The van der Waals surface area contributed by atoms with E-state index in [2.05, 4.69) is 4.98 Å². The zero-order chi connectivity index (χ0) is 20.2. The first-order valence-corrected chi connectivity index (χ1v) is 8.85. The minimum absolute atomic E-state index is 0.176. The molecule has 0 atom stereocenters. The maximum absolute atomic E-state index is 13.2. The fourth-order valence-corrected chi connectivity index (χ4v) is 2.65. The van der Waals surface area contributed by atoms with Gasteiger partial charge in [-0.05, 0) is 40.9 Å². The molecule has 0 aliphatic heterocycles. The molecule has 1 N–H and O–H groups in total. The summed E-state index contributed by atoms with van der Waals surface area (Å²) in [5.74, 6) is -0.853. The van der Waals surface area contributed by atoms with Crippen LogP contribution in [0.5, 0.6) is 0 Å². The molecule has 1 amide bonds. The molecule has 7 heteroatoms. The number of pyridine rings is 1. The molecule has 0 aliphatic rings. The number of esters is 1. The van der Waals surface area contributed by atoms with Gasteiger partial charge in [0.25, 0.3) is 5.91 Å². The van der Waals surface area contributed by atoms with E-state index in [0.717, 1.165) is 0 Å². The van der Waals surface area contributed by atoms with Gasteiger partial charge in [0, 0.05) is 30.1 Å². The number of aromatic amines is 1. The van der Waals surface area contributed by atoms with Gasteiger partial charge in [-0.2, -0.15) is 0 Å².